The van der Waals surface area contributed by atoms with Gasteiger partial charge in [0.15, 0.2) is 0 Å². The van der Waals surface area contributed by atoms with Crippen LogP contribution in [0.25, 0.3) is 0 Å². The molecule has 1 heterocycles. The van der Waals surface area contributed by atoms with E-state index in [-0.39, 0.29) is 11.4 Å². The van der Waals surface area contributed by atoms with Crippen molar-refractivity contribution in [1.29, 1.82) is 0 Å². The normalized spacial score (nSPS) is 25.8. The highest BCUT2D eigenvalue weighted by molar-refractivity contribution is 9.10. The third kappa shape index (κ3) is 2.77. The standard InChI is InChI=1S/C11H13BrFNO/c12-9-3-8(4-10(13)5-9)6-11(14)1-2-15-7-11/h3-5H,1-2,6-7,14H2. The maximum Gasteiger partial charge on any atom is 0.124 e. The fraction of sp³-hybridized carbons (Fsp3) is 0.455. The molecule has 1 aromatic carbocycles. The highest BCUT2D eigenvalue weighted by atomic mass is 79.9. The quantitative estimate of drug-likeness (QED) is 0.897. The average Bonchev–Trinajstić information content (AvgIpc) is 2.49. The van der Waals surface area contributed by atoms with Crippen molar-refractivity contribution in [3.63, 3.8) is 0 Å². The number of rotatable bonds is 2. The smallest absolute Gasteiger partial charge is 0.124 e. The molecule has 0 radical (unpaired) electrons. The molecule has 15 heavy (non-hydrogen) atoms. The molecule has 0 aromatic heterocycles. The average molecular weight is 274 g/mol. The summed E-state index contributed by atoms with van der Waals surface area (Å²) in [6.07, 6.45) is 1.49. The van der Waals surface area contributed by atoms with E-state index < -0.39 is 0 Å². The third-order valence-corrected chi connectivity index (χ3v) is 3.07. The summed E-state index contributed by atoms with van der Waals surface area (Å²) in [5.41, 5.74) is 6.71. The molecule has 0 aliphatic carbocycles. The van der Waals surface area contributed by atoms with Gasteiger partial charge < -0.3 is 10.5 Å². The van der Waals surface area contributed by atoms with Crippen molar-refractivity contribution in [1.82, 2.24) is 0 Å². The Morgan fingerprint density at radius 1 is 1.47 bits per heavy atom. The molecule has 0 spiro atoms. The molecule has 1 fully saturated rings. The first kappa shape index (κ1) is 11.0. The van der Waals surface area contributed by atoms with Crippen LogP contribution in [0.3, 0.4) is 0 Å². The van der Waals surface area contributed by atoms with Gasteiger partial charge in [-0.2, -0.15) is 0 Å². The first-order valence-electron chi connectivity index (χ1n) is 4.89. The first-order chi connectivity index (χ1) is 7.07. The molecule has 2 rings (SSSR count). The van der Waals surface area contributed by atoms with Crippen molar-refractivity contribution in [2.75, 3.05) is 13.2 Å². The molecule has 2 nitrogen and oxygen atoms in total. The van der Waals surface area contributed by atoms with Gasteiger partial charge in [0.1, 0.15) is 5.82 Å². The van der Waals surface area contributed by atoms with Crippen LogP contribution >= 0.6 is 15.9 Å². The SMILES string of the molecule is NC1(Cc2cc(F)cc(Br)c2)CCOC1. The van der Waals surface area contributed by atoms with Gasteiger partial charge in [0, 0.05) is 16.6 Å². The van der Waals surface area contributed by atoms with Crippen LogP contribution in [0.1, 0.15) is 12.0 Å². The largest absolute Gasteiger partial charge is 0.379 e. The van der Waals surface area contributed by atoms with Crippen LogP contribution in [0.5, 0.6) is 0 Å². The summed E-state index contributed by atoms with van der Waals surface area (Å²) < 4.78 is 19.1. The van der Waals surface area contributed by atoms with Crippen LogP contribution in [0.2, 0.25) is 0 Å². The third-order valence-electron chi connectivity index (χ3n) is 2.61. The molecular weight excluding hydrogens is 261 g/mol. The molecule has 0 saturated carbocycles. The fourth-order valence-electron chi connectivity index (χ4n) is 1.88. The maximum atomic E-state index is 13.1. The van der Waals surface area contributed by atoms with E-state index in [0.29, 0.717) is 19.6 Å². The van der Waals surface area contributed by atoms with E-state index in [0.717, 1.165) is 16.5 Å². The zero-order valence-electron chi connectivity index (χ0n) is 8.30. The summed E-state index contributed by atoms with van der Waals surface area (Å²) in [5, 5.41) is 0. The van der Waals surface area contributed by atoms with Gasteiger partial charge in [-0.25, -0.2) is 4.39 Å². The second-order valence-corrected chi connectivity index (χ2v) is 5.04. The van der Waals surface area contributed by atoms with Crippen LogP contribution < -0.4 is 5.73 Å². The van der Waals surface area contributed by atoms with E-state index in [2.05, 4.69) is 15.9 Å². The molecule has 2 N–H and O–H groups in total. The Kier molecular flexibility index (Phi) is 3.09. The summed E-state index contributed by atoms with van der Waals surface area (Å²) >= 11 is 3.27. The number of hydrogen-bond donors (Lipinski definition) is 1. The predicted octanol–water partition coefficient (Wildman–Crippen LogP) is 2.25. The van der Waals surface area contributed by atoms with Crippen LogP contribution in [0.15, 0.2) is 22.7 Å². The van der Waals surface area contributed by atoms with Crippen molar-refractivity contribution in [2.24, 2.45) is 5.73 Å². The van der Waals surface area contributed by atoms with E-state index in [4.69, 9.17) is 10.5 Å². The highest BCUT2D eigenvalue weighted by Crippen LogP contribution is 2.23. The van der Waals surface area contributed by atoms with E-state index in [1.54, 1.807) is 0 Å². The van der Waals surface area contributed by atoms with Crippen molar-refractivity contribution >= 4 is 15.9 Å². The van der Waals surface area contributed by atoms with Crippen LogP contribution in [-0.4, -0.2) is 18.8 Å². The second kappa shape index (κ2) is 4.20. The van der Waals surface area contributed by atoms with E-state index in [9.17, 15) is 4.39 Å². The van der Waals surface area contributed by atoms with Gasteiger partial charge in [-0.1, -0.05) is 15.9 Å². The summed E-state index contributed by atoms with van der Waals surface area (Å²) in [6.45, 7) is 1.26. The molecule has 1 aromatic rings. The molecule has 0 amide bonds. The summed E-state index contributed by atoms with van der Waals surface area (Å²) in [5.74, 6) is -0.234. The van der Waals surface area contributed by atoms with Crippen LogP contribution in [0, 0.1) is 5.82 Å². The summed E-state index contributed by atoms with van der Waals surface area (Å²) in [7, 11) is 0. The van der Waals surface area contributed by atoms with E-state index in [1.165, 1.54) is 12.1 Å². The molecule has 1 aliphatic rings. The van der Waals surface area contributed by atoms with Gasteiger partial charge in [0.25, 0.3) is 0 Å². The Bertz CT molecular complexity index is 343. The number of ether oxygens (including phenoxy) is 1. The summed E-state index contributed by atoms with van der Waals surface area (Å²) in [6, 6.07) is 4.87. The Hall–Kier alpha value is -0.450. The molecule has 1 aliphatic heterocycles. The van der Waals surface area contributed by atoms with Crippen molar-refractivity contribution in [3.8, 4) is 0 Å². The topological polar surface area (TPSA) is 35.2 Å². The molecule has 0 bridgehead atoms. The van der Waals surface area contributed by atoms with Crippen molar-refractivity contribution in [3.05, 3.63) is 34.1 Å². The molecular formula is C11H13BrFNO. The van der Waals surface area contributed by atoms with Gasteiger partial charge in [-0.05, 0) is 36.6 Å². The Morgan fingerprint density at radius 2 is 2.27 bits per heavy atom. The fourth-order valence-corrected chi connectivity index (χ4v) is 2.39. The number of hydrogen-bond acceptors (Lipinski definition) is 2. The number of benzene rings is 1. The maximum absolute atomic E-state index is 13.1. The monoisotopic (exact) mass is 273 g/mol. The number of halogens is 2. The number of nitrogens with two attached hydrogens (primary N) is 1. The van der Waals surface area contributed by atoms with Gasteiger partial charge >= 0.3 is 0 Å². The summed E-state index contributed by atoms with van der Waals surface area (Å²) in [4.78, 5) is 0. The second-order valence-electron chi connectivity index (χ2n) is 4.12. The molecule has 1 saturated heterocycles. The van der Waals surface area contributed by atoms with Gasteiger partial charge in [0.05, 0.1) is 6.61 Å². The molecule has 4 heteroatoms. The molecule has 82 valence electrons. The Labute approximate surface area is 96.7 Å². The Balaban J connectivity index is 2.16. The van der Waals surface area contributed by atoms with Crippen molar-refractivity contribution < 1.29 is 9.13 Å². The minimum atomic E-state index is -0.326. The van der Waals surface area contributed by atoms with Gasteiger partial charge in [-0.15, -0.1) is 0 Å². The molecule has 1 unspecified atom stereocenters. The highest BCUT2D eigenvalue weighted by Gasteiger charge is 2.30. The van der Waals surface area contributed by atoms with Crippen LogP contribution in [0.4, 0.5) is 4.39 Å². The predicted molar refractivity (Wildman–Crippen MR) is 60.2 cm³/mol. The van der Waals surface area contributed by atoms with E-state index in [1.807, 2.05) is 6.07 Å². The van der Waals surface area contributed by atoms with E-state index >= 15 is 0 Å². The zero-order chi connectivity index (χ0) is 10.9. The first-order valence-corrected chi connectivity index (χ1v) is 5.68. The van der Waals surface area contributed by atoms with Gasteiger partial charge in [-0.3, -0.25) is 0 Å². The lowest BCUT2D eigenvalue weighted by Crippen LogP contribution is -2.42. The van der Waals surface area contributed by atoms with Gasteiger partial charge in [0.2, 0.25) is 0 Å². The molecule has 1 atom stereocenters. The zero-order valence-corrected chi connectivity index (χ0v) is 9.89. The minimum Gasteiger partial charge on any atom is -0.379 e. The minimum absolute atomic E-state index is 0.234. The van der Waals surface area contributed by atoms with Crippen molar-refractivity contribution in [2.45, 2.75) is 18.4 Å². The van der Waals surface area contributed by atoms with Crippen LogP contribution in [-0.2, 0) is 11.2 Å². The lowest BCUT2D eigenvalue weighted by molar-refractivity contribution is 0.178. The lowest BCUT2D eigenvalue weighted by Gasteiger charge is -2.21. The lowest BCUT2D eigenvalue weighted by atomic mass is 9.91. The Morgan fingerprint density at radius 3 is 2.87 bits per heavy atom.